The second-order valence-electron chi connectivity index (χ2n) is 6.65. The summed E-state index contributed by atoms with van der Waals surface area (Å²) in [5.74, 6) is 0.165. The van der Waals surface area contributed by atoms with Crippen molar-refractivity contribution in [2.24, 2.45) is 5.92 Å². The Morgan fingerprint density at radius 3 is 3.08 bits per heavy atom. The van der Waals surface area contributed by atoms with E-state index in [9.17, 15) is 9.59 Å². The number of carbonyl (C=O) groups is 1. The van der Waals surface area contributed by atoms with E-state index in [4.69, 9.17) is 4.74 Å². The molecule has 0 aromatic carbocycles. The highest BCUT2D eigenvalue weighted by molar-refractivity contribution is 5.92. The number of amides is 1. The number of aromatic amines is 1. The van der Waals surface area contributed by atoms with Gasteiger partial charge >= 0.3 is 0 Å². The lowest BCUT2D eigenvalue weighted by atomic mass is 10.1. The number of ether oxygens (including phenoxy) is 1. The van der Waals surface area contributed by atoms with Crippen LogP contribution in [0.25, 0.3) is 0 Å². The van der Waals surface area contributed by atoms with E-state index in [0.29, 0.717) is 25.7 Å². The van der Waals surface area contributed by atoms with Crippen molar-refractivity contribution in [3.63, 3.8) is 0 Å². The summed E-state index contributed by atoms with van der Waals surface area (Å²) in [5, 5.41) is 4.31. The minimum atomic E-state index is -0.342. The number of aryl methyl sites for hydroxylation is 1. The number of rotatable bonds is 5. The summed E-state index contributed by atoms with van der Waals surface area (Å²) in [4.78, 5) is 32.7. The number of hydrogen-bond acceptors (Lipinski definition) is 5. The van der Waals surface area contributed by atoms with E-state index >= 15 is 0 Å². The second-order valence-corrected chi connectivity index (χ2v) is 6.65. The molecule has 2 aromatic rings. The van der Waals surface area contributed by atoms with Crippen molar-refractivity contribution in [1.82, 2.24) is 24.6 Å². The lowest BCUT2D eigenvalue weighted by molar-refractivity contribution is 0.0328. The lowest BCUT2D eigenvalue weighted by Gasteiger charge is -2.29. The third-order valence-electron chi connectivity index (χ3n) is 4.17. The van der Waals surface area contributed by atoms with Crippen LogP contribution in [0.5, 0.6) is 0 Å². The van der Waals surface area contributed by atoms with Gasteiger partial charge in [0.15, 0.2) is 0 Å². The maximum Gasteiger partial charge on any atom is 0.273 e. The summed E-state index contributed by atoms with van der Waals surface area (Å²) in [7, 11) is 0. The second kappa shape index (κ2) is 7.60. The van der Waals surface area contributed by atoms with E-state index < -0.39 is 0 Å². The fourth-order valence-electron chi connectivity index (χ4n) is 2.91. The molecule has 3 heterocycles. The zero-order valence-electron chi connectivity index (χ0n) is 14.5. The first-order valence-electron chi connectivity index (χ1n) is 8.48. The number of aromatic nitrogens is 4. The van der Waals surface area contributed by atoms with E-state index in [1.807, 2.05) is 10.7 Å². The van der Waals surface area contributed by atoms with Crippen LogP contribution in [0, 0.1) is 5.92 Å². The zero-order valence-corrected chi connectivity index (χ0v) is 14.5. The van der Waals surface area contributed by atoms with Crippen molar-refractivity contribution >= 4 is 5.91 Å². The van der Waals surface area contributed by atoms with Gasteiger partial charge in [0.25, 0.3) is 11.5 Å². The molecule has 0 bridgehead atoms. The molecule has 0 spiro atoms. The van der Waals surface area contributed by atoms with Crippen molar-refractivity contribution in [3.8, 4) is 0 Å². The Labute approximate surface area is 145 Å². The van der Waals surface area contributed by atoms with Gasteiger partial charge in [0.1, 0.15) is 5.69 Å². The van der Waals surface area contributed by atoms with Gasteiger partial charge in [0.2, 0.25) is 0 Å². The molecule has 1 atom stereocenters. The third kappa shape index (κ3) is 4.14. The molecule has 3 rings (SSSR count). The van der Waals surface area contributed by atoms with Gasteiger partial charge in [0, 0.05) is 25.4 Å². The maximum absolute atomic E-state index is 13.0. The summed E-state index contributed by atoms with van der Waals surface area (Å²) < 4.78 is 7.70. The van der Waals surface area contributed by atoms with E-state index in [-0.39, 0.29) is 23.2 Å². The highest BCUT2D eigenvalue weighted by atomic mass is 16.5. The Bertz CT molecular complexity index is 782. The number of carbonyl (C=O) groups excluding carboxylic acids is 1. The van der Waals surface area contributed by atoms with Gasteiger partial charge in [-0.2, -0.15) is 5.10 Å². The van der Waals surface area contributed by atoms with Crippen molar-refractivity contribution in [2.45, 2.75) is 39.4 Å². The number of H-pyrrole nitrogens is 1. The molecule has 1 aliphatic rings. The normalized spacial score (nSPS) is 17.4. The maximum atomic E-state index is 13.0. The Kier molecular flexibility index (Phi) is 5.28. The largest absolute Gasteiger partial charge is 0.379 e. The summed E-state index contributed by atoms with van der Waals surface area (Å²) in [6.45, 7) is 6.43. The average molecular weight is 345 g/mol. The summed E-state index contributed by atoms with van der Waals surface area (Å²) >= 11 is 0. The molecule has 0 saturated heterocycles. The highest BCUT2D eigenvalue weighted by Gasteiger charge is 2.29. The molecular formula is C17H23N5O3. The molecule has 0 fully saturated rings. The Morgan fingerprint density at radius 1 is 1.48 bits per heavy atom. The number of fused-ring (bicyclic) bond motifs is 1. The summed E-state index contributed by atoms with van der Waals surface area (Å²) in [5.41, 5.74) is 0.765. The van der Waals surface area contributed by atoms with Crippen LogP contribution < -0.4 is 5.56 Å². The predicted molar refractivity (Wildman–Crippen MR) is 91.0 cm³/mol. The monoisotopic (exact) mass is 345 g/mol. The molecule has 0 radical (unpaired) electrons. The smallest absolute Gasteiger partial charge is 0.273 e. The molecule has 0 aliphatic carbocycles. The van der Waals surface area contributed by atoms with Gasteiger partial charge in [-0.05, 0) is 18.4 Å². The van der Waals surface area contributed by atoms with Crippen molar-refractivity contribution in [1.29, 1.82) is 0 Å². The minimum Gasteiger partial charge on any atom is -0.379 e. The topological polar surface area (TPSA) is 93.1 Å². The van der Waals surface area contributed by atoms with Crippen LogP contribution in [0.1, 0.15) is 36.5 Å². The van der Waals surface area contributed by atoms with Crippen LogP contribution in [0.4, 0.5) is 0 Å². The molecule has 1 N–H and O–H groups in total. The Balaban J connectivity index is 1.83. The van der Waals surface area contributed by atoms with E-state index in [0.717, 1.165) is 18.7 Å². The van der Waals surface area contributed by atoms with Gasteiger partial charge in [-0.3, -0.25) is 14.3 Å². The van der Waals surface area contributed by atoms with Crippen LogP contribution in [0.3, 0.4) is 0 Å². The quantitative estimate of drug-likeness (QED) is 0.874. The first-order valence-corrected chi connectivity index (χ1v) is 8.48. The molecule has 0 saturated carbocycles. The molecule has 1 amide bonds. The van der Waals surface area contributed by atoms with Gasteiger partial charge in [-0.15, -0.1) is 0 Å². The van der Waals surface area contributed by atoms with Crippen LogP contribution in [0.15, 0.2) is 29.5 Å². The molecule has 2 aromatic heterocycles. The van der Waals surface area contributed by atoms with Crippen molar-refractivity contribution in [2.75, 3.05) is 13.2 Å². The zero-order chi connectivity index (χ0) is 17.8. The number of hydrogen-bond donors (Lipinski definition) is 1. The summed E-state index contributed by atoms with van der Waals surface area (Å²) in [6, 6.07) is 3.05. The molecule has 25 heavy (non-hydrogen) atoms. The number of nitrogens with one attached hydrogen (secondary N) is 1. The van der Waals surface area contributed by atoms with Gasteiger partial charge in [-0.1, -0.05) is 13.8 Å². The fourth-order valence-corrected chi connectivity index (χ4v) is 2.91. The molecule has 134 valence electrons. The summed E-state index contributed by atoms with van der Waals surface area (Å²) in [6.07, 6.45) is 3.72. The molecular weight excluding hydrogens is 322 g/mol. The van der Waals surface area contributed by atoms with Crippen LogP contribution in [-0.4, -0.2) is 49.8 Å². The fraction of sp³-hybridized carbons (Fsp3) is 0.529. The SMILES string of the molecule is CC(C)COC[C@H]1CCn2nccc2CN1C(=O)c1cc(=O)[nH]cn1. The minimum absolute atomic E-state index is 0.0889. The van der Waals surface area contributed by atoms with Crippen molar-refractivity contribution in [3.05, 3.63) is 46.4 Å². The standard InChI is InChI=1S/C17H23N5O3/c1-12(2)9-25-10-14-4-6-22-13(3-5-20-22)8-21(14)17(24)15-7-16(23)19-11-18-15/h3,5,7,11-12,14H,4,6,8-10H2,1-2H3,(H,18,19,23)/t14-/m1/s1. The van der Waals surface area contributed by atoms with E-state index in [1.165, 1.54) is 12.4 Å². The Hall–Kier alpha value is -2.48. The molecule has 8 nitrogen and oxygen atoms in total. The Morgan fingerprint density at radius 2 is 2.32 bits per heavy atom. The third-order valence-corrected chi connectivity index (χ3v) is 4.17. The first kappa shape index (κ1) is 17.3. The molecule has 0 unspecified atom stereocenters. The highest BCUT2D eigenvalue weighted by Crippen LogP contribution is 2.19. The first-order chi connectivity index (χ1) is 12.0. The van der Waals surface area contributed by atoms with Gasteiger partial charge in [0.05, 0.1) is 31.2 Å². The number of nitrogens with zero attached hydrogens (tertiary/aromatic N) is 4. The van der Waals surface area contributed by atoms with Gasteiger partial charge < -0.3 is 14.6 Å². The molecule has 8 heteroatoms. The average Bonchev–Trinajstić information content (AvgIpc) is 2.95. The van der Waals surface area contributed by atoms with Crippen LogP contribution in [-0.2, 0) is 17.8 Å². The lowest BCUT2D eigenvalue weighted by Crippen LogP contribution is -2.42. The van der Waals surface area contributed by atoms with E-state index in [1.54, 1.807) is 11.1 Å². The van der Waals surface area contributed by atoms with Crippen LogP contribution >= 0.6 is 0 Å². The molecule has 1 aliphatic heterocycles. The van der Waals surface area contributed by atoms with Crippen LogP contribution in [0.2, 0.25) is 0 Å². The predicted octanol–water partition coefficient (Wildman–Crippen LogP) is 1.05. The van der Waals surface area contributed by atoms with Gasteiger partial charge in [-0.25, -0.2) is 4.98 Å². The van der Waals surface area contributed by atoms with E-state index in [2.05, 4.69) is 28.9 Å². The van der Waals surface area contributed by atoms with Crippen molar-refractivity contribution < 1.29 is 9.53 Å².